The molecular weight excluding hydrogens is 344 g/mol. The minimum Gasteiger partial charge on any atom is -0.478 e. The molecule has 7 heteroatoms. The van der Waals surface area contributed by atoms with Gasteiger partial charge >= 0.3 is 5.97 Å². The molecule has 3 heterocycles. The number of aryl methyl sites for hydroxylation is 2. The zero-order valence-electron chi connectivity index (χ0n) is 15.2. The Balaban J connectivity index is 2.16. The largest absolute Gasteiger partial charge is 0.478 e. The molecule has 4 aromatic rings. The maximum absolute atomic E-state index is 13.3. The van der Waals surface area contributed by atoms with Crippen LogP contribution in [-0.4, -0.2) is 30.0 Å². The van der Waals surface area contributed by atoms with Gasteiger partial charge in [0.15, 0.2) is 0 Å². The molecule has 0 aliphatic heterocycles. The molecule has 3 aromatic heterocycles. The number of aromatic nitrogens is 4. The van der Waals surface area contributed by atoms with Crippen LogP contribution in [0.1, 0.15) is 30.6 Å². The van der Waals surface area contributed by atoms with Crippen molar-refractivity contribution in [3.63, 3.8) is 0 Å². The predicted molar refractivity (Wildman–Crippen MR) is 104 cm³/mol. The van der Waals surface area contributed by atoms with Crippen molar-refractivity contribution < 1.29 is 9.90 Å². The van der Waals surface area contributed by atoms with Crippen LogP contribution in [-0.2, 0) is 13.1 Å². The third-order valence-corrected chi connectivity index (χ3v) is 4.81. The summed E-state index contributed by atoms with van der Waals surface area (Å²) in [4.78, 5) is 25.2. The van der Waals surface area contributed by atoms with E-state index in [-0.39, 0.29) is 11.1 Å². The summed E-state index contributed by atoms with van der Waals surface area (Å²) in [5.74, 6) is -1.06. The van der Waals surface area contributed by atoms with E-state index < -0.39 is 5.97 Å². The maximum atomic E-state index is 13.3. The first-order valence-corrected chi connectivity index (χ1v) is 8.99. The molecule has 7 nitrogen and oxygen atoms in total. The van der Waals surface area contributed by atoms with Crippen LogP contribution in [0, 0.1) is 0 Å². The highest BCUT2D eigenvalue weighted by Gasteiger charge is 2.22. The van der Waals surface area contributed by atoms with Crippen molar-refractivity contribution in [2.24, 2.45) is 0 Å². The minimum atomic E-state index is -1.06. The van der Waals surface area contributed by atoms with E-state index >= 15 is 0 Å². The second-order valence-electron chi connectivity index (χ2n) is 6.47. The fourth-order valence-electron chi connectivity index (χ4n) is 3.65. The molecule has 0 aliphatic rings. The van der Waals surface area contributed by atoms with Gasteiger partial charge in [0.1, 0.15) is 5.52 Å². The Morgan fingerprint density at radius 3 is 2.67 bits per heavy atom. The van der Waals surface area contributed by atoms with Crippen molar-refractivity contribution in [1.82, 2.24) is 18.9 Å². The Kier molecular flexibility index (Phi) is 4.07. The standard InChI is InChI=1S/C20H20N4O3/c1-3-9-22-11-13(10-21-22)24-12-15(20(26)27)17-14-7-5-6-8-16(14)23(4-2)19(25)18(17)24/h5-8,10-12H,3-4,9H2,1-2H3,(H,26,27). The number of benzene rings is 1. The fraction of sp³-hybridized carbons (Fsp3) is 0.250. The molecule has 1 N–H and O–H groups in total. The Morgan fingerprint density at radius 2 is 1.96 bits per heavy atom. The Labute approximate surface area is 155 Å². The van der Waals surface area contributed by atoms with Gasteiger partial charge in [-0.3, -0.25) is 9.48 Å². The first kappa shape index (κ1) is 17.1. The van der Waals surface area contributed by atoms with Crippen molar-refractivity contribution in [1.29, 1.82) is 0 Å². The van der Waals surface area contributed by atoms with Gasteiger partial charge in [0.25, 0.3) is 5.56 Å². The number of hydrogen-bond donors (Lipinski definition) is 1. The highest BCUT2D eigenvalue weighted by atomic mass is 16.4. The summed E-state index contributed by atoms with van der Waals surface area (Å²) in [6.45, 7) is 5.22. The summed E-state index contributed by atoms with van der Waals surface area (Å²) in [5, 5.41) is 15.3. The third kappa shape index (κ3) is 2.54. The summed E-state index contributed by atoms with van der Waals surface area (Å²) < 4.78 is 5.12. The van der Waals surface area contributed by atoms with E-state index in [0.29, 0.717) is 23.1 Å². The molecule has 0 saturated heterocycles. The maximum Gasteiger partial charge on any atom is 0.337 e. The Bertz CT molecular complexity index is 1230. The van der Waals surface area contributed by atoms with E-state index in [9.17, 15) is 14.7 Å². The number of rotatable bonds is 5. The summed E-state index contributed by atoms with van der Waals surface area (Å²) in [6.07, 6.45) is 5.94. The smallest absolute Gasteiger partial charge is 0.337 e. The molecule has 0 radical (unpaired) electrons. The Morgan fingerprint density at radius 1 is 1.19 bits per heavy atom. The number of carbonyl (C=O) groups is 1. The lowest BCUT2D eigenvalue weighted by Gasteiger charge is -2.11. The number of aromatic carboxylic acids is 1. The van der Waals surface area contributed by atoms with Crippen molar-refractivity contribution in [3.05, 3.63) is 58.8 Å². The van der Waals surface area contributed by atoms with Crippen LogP contribution >= 0.6 is 0 Å². The lowest BCUT2D eigenvalue weighted by molar-refractivity contribution is 0.0699. The van der Waals surface area contributed by atoms with Crippen molar-refractivity contribution in [2.45, 2.75) is 33.4 Å². The van der Waals surface area contributed by atoms with Gasteiger partial charge in [0, 0.05) is 36.3 Å². The number of hydrogen-bond acceptors (Lipinski definition) is 3. The van der Waals surface area contributed by atoms with Crippen LogP contribution in [0.3, 0.4) is 0 Å². The molecule has 27 heavy (non-hydrogen) atoms. The van der Waals surface area contributed by atoms with Crippen LogP contribution in [0.5, 0.6) is 0 Å². The number of para-hydroxylation sites is 1. The molecule has 0 spiro atoms. The quantitative estimate of drug-likeness (QED) is 0.589. The number of fused-ring (bicyclic) bond motifs is 3. The molecule has 0 bridgehead atoms. The average molecular weight is 364 g/mol. The van der Waals surface area contributed by atoms with Gasteiger partial charge in [-0.1, -0.05) is 25.1 Å². The van der Waals surface area contributed by atoms with Crippen LogP contribution in [0.2, 0.25) is 0 Å². The van der Waals surface area contributed by atoms with Crippen molar-refractivity contribution in [2.75, 3.05) is 0 Å². The Hall–Kier alpha value is -3.35. The van der Waals surface area contributed by atoms with E-state index in [1.807, 2.05) is 37.4 Å². The number of nitrogens with zero attached hydrogens (tertiary/aromatic N) is 4. The second kappa shape index (κ2) is 6.42. The van der Waals surface area contributed by atoms with Gasteiger partial charge in [-0.2, -0.15) is 5.10 Å². The van der Waals surface area contributed by atoms with E-state index in [4.69, 9.17) is 0 Å². The molecule has 138 valence electrons. The molecule has 0 saturated carbocycles. The summed E-state index contributed by atoms with van der Waals surface area (Å²) in [6, 6.07) is 7.42. The van der Waals surface area contributed by atoms with Gasteiger partial charge < -0.3 is 14.2 Å². The van der Waals surface area contributed by atoms with Gasteiger partial charge in [-0.05, 0) is 19.4 Å². The molecule has 0 atom stereocenters. The molecule has 0 amide bonds. The van der Waals surface area contributed by atoms with E-state index in [0.717, 1.165) is 23.9 Å². The average Bonchev–Trinajstić information content (AvgIpc) is 3.27. The van der Waals surface area contributed by atoms with Crippen molar-refractivity contribution >= 4 is 27.8 Å². The van der Waals surface area contributed by atoms with Gasteiger partial charge in [0.05, 0.1) is 23.0 Å². The van der Waals surface area contributed by atoms with Crippen LogP contribution in [0.15, 0.2) is 47.7 Å². The van der Waals surface area contributed by atoms with Crippen LogP contribution in [0.4, 0.5) is 0 Å². The zero-order chi connectivity index (χ0) is 19.1. The first-order chi connectivity index (χ1) is 13.1. The minimum absolute atomic E-state index is 0.116. The molecular formula is C20H20N4O3. The fourth-order valence-corrected chi connectivity index (χ4v) is 3.65. The normalized spacial score (nSPS) is 11.5. The molecule has 0 fully saturated rings. The molecule has 1 aromatic carbocycles. The molecule has 0 unspecified atom stereocenters. The van der Waals surface area contributed by atoms with E-state index in [2.05, 4.69) is 12.0 Å². The topological polar surface area (TPSA) is 82.0 Å². The summed E-state index contributed by atoms with van der Waals surface area (Å²) in [5.41, 5.74) is 1.69. The molecule has 4 rings (SSSR count). The highest BCUT2D eigenvalue weighted by Crippen LogP contribution is 2.29. The van der Waals surface area contributed by atoms with Gasteiger partial charge in [-0.25, -0.2) is 4.79 Å². The van der Waals surface area contributed by atoms with Gasteiger partial charge in [-0.15, -0.1) is 0 Å². The number of pyridine rings is 1. The summed E-state index contributed by atoms with van der Waals surface area (Å²) in [7, 11) is 0. The van der Waals surface area contributed by atoms with E-state index in [1.165, 1.54) is 6.20 Å². The predicted octanol–water partition coefficient (Wildman–Crippen LogP) is 3.27. The number of carboxylic acids is 1. The number of carboxylic acid groups (broad SMARTS) is 1. The monoisotopic (exact) mass is 364 g/mol. The first-order valence-electron chi connectivity index (χ1n) is 8.99. The lowest BCUT2D eigenvalue weighted by Crippen LogP contribution is -2.21. The van der Waals surface area contributed by atoms with Gasteiger partial charge in [0.2, 0.25) is 0 Å². The molecule has 0 aliphatic carbocycles. The van der Waals surface area contributed by atoms with Crippen molar-refractivity contribution in [3.8, 4) is 5.69 Å². The van der Waals surface area contributed by atoms with E-state index in [1.54, 1.807) is 20.0 Å². The lowest BCUT2D eigenvalue weighted by atomic mass is 10.1. The third-order valence-electron chi connectivity index (χ3n) is 4.81. The van der Waals surface area contributed by atoms with Crippen LogP contribution in [0.25, 0.3) is 27.5 Å². The SMILES string of the molecule is CCCn1cc(-n2cc(C(=O)O)c3c4ccccc4n(CC)c(=O)c32)cn1. The summed E-state index contributed by atoms with van der Waals surface area (Å²) >= 11 is 0. The highest BCUT2D eigenvalue weighted by molar-refractivity contribution is 6.15. The second-order valence-corrected chi connectivity index (χ2v) is 6.47. The zero-order valence-corrected chi connectivity index (χ0v) is 15.2. The van der Waals surface area contributed by atoms with Crippen LogP contribution < -0.4 is 5.56 Å².